The third-order valence-corrected chi connectivity index (χ3v) is 7.33. The maximum atomic E-state index is 13.2. The van der Waals surface area contributed by atoms with Crippen LogP contribution >= 0.6 is 39.5 Å². The van der Waals surface area contributed by atoms with Crippen LogP contribution in [0.4, 0.5) is 5.69 Å². The average molecular weight is 502 g/mol. The summed E-state index contributed by atoms with van der Waals surface area (Å²) in [5.74, 6) is 0.0461. The highest BCUT2D eigenvalue weighted by Gasteiger charge is 2.26. The van der Waals surface area contributed by atoms with Gasteiger partial charge in [-0.3, -0.25) is 14.2 Å². The van der Waals surface area contributed by atoms with Gasteiger partial charge in [-0.2, -0.15) is 0 Å². The molecule has 0 aliphatic carbocycles. The first kappa shape index (κ1) is 21.2. The third-order valence-electron chi connectivity index (χ3n) is 4.61. The first-order chi connectivity index (χ1) is 14.5. The molecule has 2 aromatic carbocycles. The Morgan fingerprint density at radius 3 is 2.70 bits per heavy atom. The Labute approximate surface area is 191 Å². The molecule has 0 saturated heterocycles. The quantitative estimate of drug-likeness (QED) is 0.387. The van der Waals surface area contributed by atoms with E-state index in [9.17, 15) is 9.59 Å². The molecular weight excluding hydrogens is 482 g/mol. The number of hydrogen-bond donors (Lipinski definition) is 1. The zero-order chi connectivity index (χ0) is 21.1. The molecule has 8 heteroatoms. The molecular formula is C22H20BrN3O2S2. The van der Waals surface area contributed by atoms with Gasteiger partial charge in [0.1, 0.15) is 0 Å². The topological polar surface area (TPSA) is 64.0 Å². The Kier molecular flexibility index (Phi) is 6.65. The number of hydrogen-bond acceptors (Lipinski definition) is 5. The van der Waals surface area contributed by atoms with Crippen LogP contribution in [0, 0.1) is 0 Å². The van der Waals surface area contributed by atoms with Crippen molar-refractivity contribution in [1.82, 2.24) is 9.55 Å². The van der Waals surface area contributed by atoms with Gasteiger partial charge >= 0.3 is 0 Å². The van der Waals surface area contributed by atoms with Gasteiger partial charge in [-0.15, -0.1) is 11.8 Å². The fraction of sp³-hybridized carbons (Fsp3) is 0.227. The molecule has 5 nitrogen and oxygen atoms in total. The number of carbonyl (C=O) groups is 1. The SMILES string of the molecule is C[C@@H]1Cc2nc(SCC(=O)Nc3ccc(Br)cc3)n(Cc3ccccc3)c(=O)c2S1. The summed E-state index contributed by atoms with van der Waals surface area (Å²) in [6.45, 7) is 2.54. The zero-order valence-corrected chi connectivity index (χ0v) is 19.5. The van der Waals surface area contributed by atoms with Crippen LogP contribution in [0.1, 0.15) is 18.2 Å². The van der Waals surface area contributed by atoms with Crippen molar-refractivity contribution in [2.45, 2.75) is 35.2 Å². The maximum Gasteiger partial charge on any atom is 0.268 e. The van der Waals surface area contributed by atoms with Crippen molar-refractivity contribution < 1.29 is 4.79 Å². The highest BCUT2D eigenvalue weighted by Crippen LogP contribution is 2.34. The molecule has 0 bridgehead atoms. The van der Waals surface area contributed by atoms with Gasteiger partial charge in [0.25, 0.3) is 5.56 Å². The molecule has 3 aromatic rings. The molecule has 0 unspecified atom stereocenters. The molecule has 1 atom stereocenters. The maximum absolute atomic E-state index is 13.2. The van der Waals surface area contributed by atoms with Crippen molar-refractivity contribution in [3.63, 3.8) is 0 Å². The number of amides is 1. The Morgan fingerprint density at radius 2 is 1.97 bits per heavy atom. The number of halogens is 1. The van der Waals surface area contributed by atoms with Gasteiger partial charge < -0.3 is 5.32 Å². The van der Waals surface area contributed by atoms with E-state index in [0.29, 0.717) is 17.0 Å². The van der Waals surface area contributed by atoms with Crippen LogP contribution in [0.2, 0.25) is 0 Å². The van der Waals surface area contributed by atoms with Crippen LogP contribution in [0.25, 0.3) is 0 Å². The van der Waals surface area contributed by atoms with Crippen LogP contribution in [-0.4, -0.2) is 26.5 Å². The minimum atomic E-state index is -0.133. The number of carbonyl (C=O) groups excluding carboxylic acids is 1. The van der Waals surface area contributed by atoms with E-state index in [4.69, 9.17) is 4.98 Å². The largest absolute Gasteiger partial charge is 0.325 e. The van der Waals surface area contributed by atoms with Gasteiger partial charge in [0, 0.05) is 21.8 Å². The molecule has 1 N–H and O–H groups in total. The monoisotopic (exact) mass is 501 g/mol. The Bertz CT molecular complexity index is 1120. The highest BCUT2D eigenvalue weighted by molar-refractivity contribution is 9.10. The molecule has 1 amide bonds. The molecule has 0 saturated carbocycles. The van der Waals surface area contributed by atoms with Gasteiger partial charge in [-0.1, -0.05) is 64.9 Å². The second-order valence-electron chi connectivity index (χ2n) is 7.02. The summed E-state index contributed by atoms with van der Waals surface area (Å²) < 4.78 is 2.64. The second-order valence-corrected chi connectivity index (χ2v) is 10.3. The molecule has 2 heterocycles. The summed E-state index contributed by atoms with van der Waals surface area (Å²) in [6, 6.07) is 17.3. The van der Waals surface area contributed by atoms with Crippen LogP contribution in [0.3, 0.4) is 0 Å². The average Bonchev–Trinajstić information content (AvgIpc) is 3.12. The van der Waals surface area contributed by atoms with Gasteiger partial charge in [-0.25, -0.2) is 4.98 Å². The molecule has 30 heavy (non-hydrogen) atoms. The third kappa shape index (κ3) is 4.99. The standard InChI is InChI=1S/C22H20BrN3O2S2/c1-14-11-18-20(30-14)21(28)26(12-15-5-3-2-4-6-15)22(25-18)29-13-19(27)24-17-9-7-16(23)8-10-17/h2-10,14H,11-13H2,1H3,(H,24,27)/t14-/m1/s1. The summed E-state index contributed by atoms with van der Waals surface area (Å²) in [5, 5.41) is 3.81. The summed E-state index contributed by atoms with van der Waals surface area (Å²) in [4.78, 5) is 31.1. The van der Waals surface area contributed by atoms with Gasteiger partial charge in [0.2, 0.25) is 5.91 Å². The predicted octanol–water partition coefficient (Wildman–Crippen LogP) is 4.82. The van der Waals surface area contributed by atoms with Crippen LogP contribution in [-0.2, 0) is 17.8 Å². The van der Waals surface area contributed by atoms with E-state index in [1.54, 1.807) is 16.3 Å². The lowest BCUT2D eigenvalue weighted by Gasteiger charge is -2.14. The summed E-state index contributed by atoms with van der Waals surface area (Å²) in [5.41, 5.74) is 2.59. The van der Waals surface area contributed by atoms with Crippen LogP contribution in [0.15, 0.2) is 73.9 Å². The number of nitrogens with one attached hydrogen (secondary N) is 1. The number of nitrogens with zero attached hydrogens (tertiary/aromatic N) is 2. The number of fused-ring (bicyclic) bond motifs is 1. The Balaban J connectivity index is 1.56. The number of rotatable bonds is 6. The van der Waals surface area contributed by atoms with Crippen molar-refractivity contribution in [2.24, 2.45) is 0 Å². The fourth-order valence-electron chi connectivity index (χ4n) is 3.21. The van der Waals surface area contributed by atoms with Gasteiger partial charge in [-0.05, 0) is 29.8 Å². The molecule has 4 rings (SSSR count). The van der Waals surface area contributed by atoms with Crippen molar-refractivity contribution in [2.75, 3.05) is 11.1 Å². The van der Waals surface area contributed by atoms with Crippen LogP contribution in [0.5, 0.6) is 0 Å². The number of aromatic nitrogens is 2. The number of benzene rings is 2. The van der Waals surface area contributed by atoms with E-state index >= 15 is 0 Å². The second kappa shape index (κ2) is 9.41. The Morgan fingerprint density at radius 1 is 1.23 bits per heavy atom. The van der Waals surface area contributed by atoms with Crippen molar-refractivity contribution in [3.05, 3.63) is 80.7 Å². The summed E-state index contributed by atoms with van der Waals surface area (Å²) in [7, 11) is 0. The molecule has 1 aromatic heterocycles. The summed E-state index contributed by atoms with van der Waals surface area (Å²) in [6.07, 6.45) is 0.778. The normalized spacial score (nSPS) is 15.1. The highest BCUT2D eigenvalue weighted by atomic mass is 79.9. The lowest BCUT2D eigenvalue weighted by molar-refractivity contribution is -0.113. The fourth-order valence-corrected chi connectivity index (χ4v) is 5.40. The van der Waals surface area contributed by atoms with Gasteiger partial charge in [0.15, 0.2) is 5.16 Å². The number of anilines is 1. The van der Waals surface area contributed by atoms with E-state index in [1.165, 1.54) is 11.8 Å². The molecule has 1 aliphatic rings. The van der Waals surface area contributed by atoms with E-state index < -0.39 is 0 Å². The summed E-state index contributed by atoms with van der Waals surface area (Å²) >= 11 is 6.27. The van der Waals surface area contributed by atoms with Crippen molar-refractivity contribution in [1.29, 1.82) is 0 Å². The van der Waals surface area contributed by atoms with E-state index in [0.717, 1.165) is 32.7 Å². The molecule has 0 radical (unpaired) electrons. The molecule has 154 valence electrons. The Hall–Kier alpha value is -2.03. The minimum Gasteiger partial charge on any atom is -0.325 e. The van der Waals surface area contributed by atoms with E-state index in [-0.39, 0.29) is 17.2 Å². The number of thioether (sulfide) groups is 2. The first-order valence-electron chi connectivity index (χ1n) is 9.52. The van der Waals surface area contributed by atoms with E-state index in [1.807, 2.05) is 54.6 Å². The minimum absolute atomic E-state index is 0.0194. The smallest absolute Gasteiger partial charge is 0.268 e. The lowest BCUT2D eigenvalue weighted by atomic mass is 10.2. The lowest BCUT2D eigenvalue weighted by Crippen LogP contribution is -2.26. The predicted molar refractivity (Wildman–Crippen MR) is 127 cm³/mol. The van der Waals surface area contributed by atoms with Crippen molar-refractivity contribution in [3.8, 4) is 0 Å². The van der Waals surface area contributed by atoms with E-state index in [2.05, 4.69) is 28.2 Å². The molecule has 0 spiro atoms. The van der Waals surface area contributed by atoms with Crippen LogP contribution < -0.4 is 10.9 Å². The molecule has 1 aliphatic heterocycles. The molecule has 0 fully saturated rings. The van der Waals surface area contributed by atoms with Crippen molar-refractivity contribution >= 4 is 51.0 Å². The first-order valence-corrected chi connectivity index (χ1v) is 12.2. The van der Waals surface area contributed by atoms with Gasteiger partial charge in [0.05, 0.1) is 22.9 Å². The zero-order valence-electron chi connectivity index (χ0n) is 16.3.